The lowest BCUT2D eigenvalue weighted by molar-refractivity contribution is -0.688. The van der Waals surface area contributed by atoms with E-state index in [1.807, 2.05) is 12.1 Å². The third-order valence-corrected chi connectivity index (χ3v) is 5.57. The SMILES string of the molecule is COc1ccc(C[n+]2cccc(CCCCCCCCCCCCCO)c2)cc1.[I-]. The van der Waals surface area contributed by atoms with Crippen molar-refractivity contribution in [3.63, 3.8) is 0 Å². The van der Waals surface area contributed by atoms with E-state index in [-0.39, 0.29) is 24.0 Å². The molecular weight excluding hydrogens is 485 g/mol. The molecule has 0 fully saturated rings. The van der Waals surface area contributed by atoms with E-state index in [0.29, 0.717) is 6.61 Å². The highest BCUT2D eigenvalue weighted by Crippen LogP contribution is 2.13. The van der Waals surface area contributed by atoms with Gasteiger partial charge in [0.2, 0.25) is 0 Å². The molecule has 4 heteroatoms. The van der Waals surface area contributed by atoms with Crippen LogP contribution in [0.2, 0.25) is 0 Å². The molecule has 0 spiro atoms. The number of aliphatic hydroxyl groups excluding tert-OH is 1. The van der Waals surface area contributed by atoms with Crippen molar-refractivity contribution in [3.05, 3.63) is 59.9 Å². The Balaban J connectivity index is 0.00000450. The largest absolute Gasteiger partial charge is 1.00 e. The van der Waals surface area contributed by atoms with Gasteiger partial charge in [-0.25, -0.2) is 4.57 Å². The molecule has 2 aromatic rings. The summed E-state index contributed by atoms with van der Waals surface area (Å²) in [5.41, 5.74) is 2.73. The van der Waals surface area contributed by atoms with Crippen LogP contribution < -0.4 is 33.3 Å². The maximum Gasteiger partial charge on any atom is 0.173 e. The highest BCUT2D eigenvalue weighted by Gasteiger charge is 2.05. The van der Waals surface area contributed by atoms with Crippen molar-refractivity contribution in [1.29, 1.82) is 0 Å². The van der Waals surface area contributed by atoms with Crippen LogP contribution in [0.25, 0.3) is 0 Å². The molecule has 1 N–H and O–H groups in total. The van der Waals surface area contributed by atoms with Gasteiger partial charge in [0.05, 0.1) is 7.11 Å². The molecule has 0 unspecified atom stereocenters. The van der Waals surface area contributed by atoms with E-state index < -0.39 is 0 Å². The molecule has 0 aliphatic carbocycles. The molecule has 3 nitrogen and oxygen atoms in total. The van der Waals surface area contributed by atoms with Crippen molar-refractivity contribution in [2.45, 2.75) is 83.6 Å². The number of aliphatic hydroxyl groups is 1. The first-order valence-corrected chi connectivity index (χ1v) is 11.5. The average molecular weight is 526 g/mol. The third kappa shape index (κ3) is 11.9. The van der Waals surface area contributed by atoms with Gasteiger partial charge in [0, 0.05) is 23.8 Å². The van der Waals surface area contributed by atoms with Gasteiger partial charge in [-0.2, -0.15) is 0 Å². The van der Waals surface area contributed by atoms with Gasteiger partial charge in [0.25, 0.3) is 0 Å². The van der Waals surface area contributed by atoms with E-state index in [4.69, 9.17) is 9.84 Å². The predicted octanol–water partition coefficient (Wildman–Crippen LogP) is 2.86. The van der Waals surface area contributed by atoms with Gasteiger partial charge in [-0.15, -0.1) is 0 Å². The fourth-order valence-electron chi connectivity index (χ4n) is 3.80. The summed E-state index contributed by atoms with van der Waals surface area (Å²) < 4.78 is 7.51. The Morgan fingerprint density at radius 2 is 1.30 bits per heavy atom. The molecule has 0 saturated heterocycles. The number of unbranched alkanes of at least 4 members (excludes halogenated alkanes) is 10. The van der Waals surface area contributed by atoms with Crippen molar-refractivity contribution in [1.82, 2.24) is 0 Å². The molecule has 0 aliphatic heterocycles. The standard InChI is InChI=1S/C26H40NO2.HI/c1-29-26-18-16-25(17-19-26)23-27-20-13-15-24(22-27)14-11-9-7-5-3-2-4-6-8-10-12-21-28;/h13,15-20,22,28H,2-12,14,21,23H2,1H3;1H/q+1;/p-1. The number of ether oxygens (including phenoxy) is 1. The van der Waals surface area contributed by atoms with E-state index in [1.54, 1.807) is 7.11 Å². The number of nitrogens with zero attached hydrogens (tertiary/aromatic N) is 1. The summed E-state index contributed by atoms with van der Waals surface area (Å²) in [4.78, 5) is 0. The minimum absolute atomic E-state index is 0. The van der Waals surface area contributed by atoms with Crippen LogP contribution in [0.4, 0.5) is 0 Å². The molecule has 0 amide bonds. The Hall–Kier alpha value is -1.14. The molecule has 0 aliphatic rings. The molecule has 30 heavy (non-hydrogen) atoms. The van der Waals surface area contributed by atoms with Crippen molar-refractivity contribution in [2.75, 3.05) is 13.7 Å². The first-order chi connectivity index (χ1) is 14.3. The van der Waals surface area contributed by atoms with Crippen LogP contribution in [-0.2, 0) is 13.0 Å². The van der Waals surface area contributed by atoms with Crippen LogP contribution in [0, 0.1) is 0 Å². The summed E-state index contributed by atoms with van der Waals surface area (Å²) in [5, 5.41) is 8.77. The smallest absolute Gasteiger partial charge is 0.173 e. The quantitative estimate of drug-likeness (QED) is 0.208. The summed E-state index contributed by atoms with van der Waals surface area (Å²) in [6.45, 7) is 1.25. The van der Waals surface area contributed by atoms with Crippen LogP contribution in [0.15, 0.2) is 48.8 Å². The highest BCUT2D eigenvalue weighted by molar-refractivity contribution is 5.26. The fourth-order valence-corrected chi connectivity index (χ4v) is 3.80. The highest BCUT2D eigenvalue weighted by atomic mass is 127. The van der Waals surface area contributed by atoms with Gasteiger partial charge in [-0.05, 0) is 49.6 Å². The normalized spacial score (nSPS) is 10.6. The number of aryl methyl sites for hydroxylation is 1. The van der Waals surface area contributed by atoms with Crippen molar-refractivity contribution in [2.24, 2.45) is 0 Å². The minimum Gasteiger partial charge on any atom is -1.00 e. The number of methoxy groups -OCH3 is 1. The van der Waals surface area contributed by atoms with E-state index in [9.17, 15) is 0 Å². The summed E-state index contributed by atoms with van der Waals surface area (Å²) in [6.07, 6.45) is 19.9. The summed E-state index contributed by atoms with van der Waals surface area (Å²) in [6, 6.07) is 12.7. The predicted molar refractivity (Wildman–Crippen MR) is 120 cm³/mol. The number of hydrogen-bond acceptors (Lipinski definition) is 2. The first-order valence-electron chi connectivity index (χ1n) is 11.5. The van der Waals surface area contributed by atoms with Crippen molar-refractivity contribution >= 4 is 0 Å². The summed E-state index contributed by atoms with van der Waals surface area (Å²) in [7, 11) is 1.70. The molecule has 0 bridgehead atoms. The molecule has 0 atom stereocenters. The van der Waals surface area contributed by atoms with Gasteiger partial charge < -0.3 is 33.8 Å². The summed E-state index contributed by atoms with van der Waals surface area (Å²) in [5.74, 6) is 0.908. The van der Waals surface area contributed by atoms with Gasteiger partial charge in [-0.1, -0.05) is 57.8 Å². The molecule has 168 valence electrons. The second-order valence-corrected chi connectivity index (χ2v) is 8.10. The lowest BCUT2D eigenvalue weighted by Crippen LogP contribution is -3.00. The number of aromatic nitrogens is 1. The maximum atomic E-state index is 8.77. The Morgan fingerprint density at radius 1 is 0.733 bits per heavy atom. The van der Waals surface area contributed by atoms with Crippen LogP contribution in [0.1, 0.15) is 81.8 Å². The van der Waals surface area contributed by atoms with E-state index in [1.165, 1.54) is 81.8 Å². The lowest BCUT2D eigenvalue weighted by atomic mass is 10.0. The Bertz CT molecular complexity index is 660. The number of pyridine rings is 1. The number of benzene rings is 1. The molecule has 1 aromatic carbocycles. The minimum atomic E-state index is 0. The van der Waals surface area contributed by atoms with E-state index >= 15 is 0 Å². The maximum absolute atomic E-state index is 8.77. The van der Waals surface area contributed by atoms with Gasteiger partial charge >= 0.3 is 0 Å². The second kappa shape index (κ2) is 17.5. The van der Waals surface area contributed by atoms with Crippen LogP contribution >= 0.6 is 0 Å². The Kier molecular flexibility index (Phi) is 15.7. The lowest BCUT2D eigenvalue weighted by Gasteiger charge is -2.04. The molecule has 0 radical (unpaired) electrons. The van der Waals surface area contributed by atoms with Gasteiger partial charge in [0.1, 0.15) is 5.75 Å². The van der Waals surface area contributed by atoms with Crippen LogP contribution in [0.5, 0.6) is 5.75 Å². The third-order valence-electron chi connectivity index (χ3n) is 5.57. The Labute approximate surface area is 200 Å². The van der Waals surface area contributed by atoms with Crippen molar-refractivity contribution in [3.8, 4) is 5.75 Å². The first kappa shape index (κ1) is 26.9. The van der Waals surface area contributed by atoms with Crippen LogP contribution in [0.3, 0.4) is 0 Å². The van der Waals surface area contributed by atoms with Crippen LogP contribution in [-0.4, -0.2) is 18.8 Å². The average Bonchev–Trinajstić information content (AvgIpc) is 2.75. The zero-order chi connectivity index (χ0) is 20.6. The van der Waals surface area contributed by atoms with Crippen molar-refractivity contribution < 1.29 is 38.4 Å². The molecule has 0 saturated carbocycles. The molecular formula is C26H40INO2. The summed E-state index contributed by atoms with van der Waals surface area (Å²) >= 11 is 0. The van der Waals surface area contributed by atoms with E-state index in [2.05, 4.69) is 41.2 Å². The van der Waals surface area contributed by atoms with Gasteiger partial charge in [0.15, 0.2) is 18.9 Å². The monoisotopic (exact) mass is 525 g/mol. The number of hydrogen-bond donors (Lipinski definition) is 1. The molecule has 1 heterocycles. The Morgan fingerprint density at radius 3 is 1.87 bits per heavy atom. The number of rotatable bonds is 16. The molecule has 2 rings (SSSR count). The fraction of sp³-hybridized carbons (Fsp3) is 0.577. The zero-order valence-electron chi connectivity index (χ0n) is 18.7. The molecule has 1 aromatic heterocycles. The zero-order valence-corrected chi connectivity index (χ0v) is 20.9. The van der Waals surface area contributed by atoms with E-state index in [0.717, 1.165) is 18.7 Å². The second-order valence-electron chi connectivity index (χ2n) is 8.10. The topological polar surface area (TPSA) is 33.3 Å². The number of halogens is 1. The van der Waals surface area contributed by atoms with Gasteiger partial charge in [-0.3, -0.25) is 0 Å².